The molecule has 1 aliphatic carbocycles. The average Bonchev–Trinajstić information content (AvgIpc) is 2.66. The van der Waals surface area contributed by atoms with Crippen LogP contribution in [0.25, 0.3) is 33.7 Å². The maximum atomic E-state index is 13.1. The van der Waals surface area contributed by atoms with Crippen LogP contribution in [-0.4, -0.2) is 23.2 Å². The highest BCUT2D eigenvalue weighted by atomic mass is 16.5. The molecule has 0 unspecified atom stereocenters. The number of methoxy groups -OCH3 is 1. The Morgan fingerprint density at radius 2 is 1.81 bits per heavy atom. The molecule has 1 heterocycles. The molecular formula is C21H15NO5. The zero-order chi connectivity index (χ0) is 19.1. The lowest BCUT2D eigenvalue weighted by Crippen LogP contribution is -2.18. The van der Waals surface area contributed by atoms with Crippen LogP contribution in [0.3, 0.4) is 0 Å². The molecule has 4 rings (SSSR count). The van der Waals surface area contributed by atoms with E-state index in [2.05, 4.69) is 4.98 Å². The number of para-hydroxylation sites is 2. The molecule has 2 aromatic carbocycles. The van der Waals surface area contributed by atoms with Crippen LogP contribution in [0.15, 0.2) is 57.7 Å². The Labute approximate surface area is 154 Å². The number of benzene rings is 3. The van der Waals surface area contributed by atoms with Crippen LogP contribution in [-0.2, 0) is 0 Å². The number of rotatable bonds is 3. The van der Waals surface area contributed by atoms with Gasteiger partial charge in [-0.05, 0) is 24.6 Å². The van der Waals surface area contributed by atoms with Crippen molar-refractivity contribution in [3.05, 3.63) is 69.9 Å². The number of hydrogen-bond donors (Lipinski definition) is 1. The second-order valence-corrected chi connectivity index (χ2v) is 6.14. The zero-order valence-electron chi connectivity index (χ0n) is 14.6. The van der Waals surface area contributed by atoms with Crippen molar-refractivity contribution < 1.29 is 19.1 Å². The molecule has 6 heteroatoms. The number of aryl methyl sites for hydroxylation is 1. The highest BCUT2D eigenvalue weighted by molar-refractivity contribution is 6.04. The fourth-order valence-electron chi connectivity index (χ4n) is 3.13. The largest absolute Gasteiger partial charge is 0.490 e. The predicted molar refractivity (Wildman–Crippen MR) is 101 cm³/mol. The topological polar surface area (TPSA) is 89.6 Å². The maximum absolute atomic E-state index is 13.1. The molecule has 2 aliphatic rings. The lowest BCUT2D eigenvalue weighted by atomic mass is 9.94. The van der Waals surface area contributed by atoms with Crippen LogP contribution >= 0.6 is 0 Å². The molecule has 2 aromatic rings. The summed E-state index contributed by atoms with van der Waals surface area (Å²) in [6.07, 6.45) is 0. The van der Waals surface area contributed by atoms with Crippen LogP contribution in [0.2, 0.25) is 0 Å². The first kappa shape index (κ1) is 16.8. The van der Waals surface area contributed by atoms with Gasteiger partial charge < -0.3 is 14.3 Å². The Bertz CT molecular complexity index is 1210. The second kappa shape index (κ2) is 6.25. The summed E-state index contributed by atoms with van der Waals surface area (Å²) in [7, 11) is 1.35. The van der Waals surface area contributed by atoms with Crippen molar-refractivity contribution in [1.82, 2.24) is 4.98 Å². The number of aromatic nitrogens is 1. The van der Waals surface area contributed by atoms with Crippen molar-refractivity contribution in [2.75, 3.05) is 7.11 Å². The number of nitrogens with zero attached hydrogens (tertiary/aromatic N) is 1. The number of hydrogen-bond acceptors (Lipinski definition) is 5. The molecule has 6 nitrogen and oxygen atoms in total. The van der Waals surface area contributed by atoms with Crippen LogP contribution in [0.5, 0.6) is 5.75 Å². The Hall–Kier alpha value is -3.67. The fourth-order valence-corrected chi connectivity index (χ4v) is 3.13. The normalized spacial score (nSPS) is 11.0. The highest BCUT2D eigenvalue weighted by Crippen LogP contribution is 2.38. The van der Waals surface area contributed by atoms with Crippen LogP contribution < -0.4 is 10.2 Å². The minimum absolute atomic E-state index is 0.0226. The summed E-state index contributed by atoms with van der Waals surface area (Å²) in [5.74, 6) is -1.30. The van der Waals surface area contributed by atoms with Gasteiger partial charge in [0.25, 0.3) is 0 Å². The molecule has 0 aromatic heterocycles. The van der Waals surface area contributed by atoms with E-state index in [0.717, 1.165) is 5.56 Å². The Kier molecular flexibility index (Phi) is 3.88. The average molecular weight is 361 g/mol. The van der Waals surface area contributed by atoms with E-state index < -0.39 is 11.4 Å². The maximum Gasteiger partial charge on any atom is 0.338 e. The molecule has 27 heavy (non-hydrogen) atoms. The van der Waals surface area contributed by atoms with Gasteiger partial charge in [0, 0.05) is 0 Å². The summed E-state index contributed by atoms with van der Waals surface area (Å²) < 4.78 is 11.1. The summed E-state index contributed by atoms with van der Waals surface area (Å²) >= 11 is 0. The Morgan fingerprint density at radius 3 is 2.48 bits per heavy atom. The minimum atomic E-state index is -1.26. The zero-order valence-corrected chi connectivity index (χ0v) is 14.6. The van der Waals surface area contributed by atoms with Gasteiger partial charge >= 0.3 is 5.97 Å². The quantitative estimate of drug-likeness (QED) is 0.555. The van der Waals surface area contributed by atoms with Crippen molar-refractivity contribution in [1.29, 1.82) is 0 Å². The minimum Gasteiger partial charge on any atom is -0.490 e. The van der Waals surface area contributed by atoms with Gasteiger partial charge in [-0.15, -0.1) is 0 Å². The molecular weight excluding hydrogens is 346 g/mol. The molecule has 0 fully saturated rings. The van der Waals surface area contributed by atoms with Crippen molar-refractivity contribution in [2.24, 2.45) is 0 Å². The molecule has 0 saturated carbocycles. The van der Waals surface area contributed by atoms with Gasteiger partial charge in [-0.25, -0.2) is 9.78 Å². The third-order valence-electron chi connectivity index (χ3n) is 4.41. The van der Waals surface area contributed by atoms with Gasteiger partial charge in [-0.1, -0.05) is 42.0 Å². The smallest absolute Gasteiger partial charge is 0.338 e. The first-order valence-corrected chi connectivity index (χ1v) is 8.25. The van der Waals surface area contributed by atoms with E-state index in [4.69, 9.17) is 9.15 Å². The third kappa shape index (κ3) is 2.62. The number of carboxylic acid groups (broad SMARTS) is 1. The van der Waals surface area contributed by atoms with E-state index in [0.29, 0.717) is 16.7 Å². The SMILES string of the molecule is COc1c2oc3ccccc3nc-2c(C(=O)O)c(-c2ccc(C)cc2)c1=O. The lowest BCUT2D eigenvalue weighted by Gasteiger charge is -2.16. The third-order valence-corrected chi connectivity index (χ3v) is 4.41. The molecule has 0 radical (unpaired) electrons. The molecule has 0 spiro atoms. The highest BCUT2D eigenvalue weighted by Gasteiger charge is 2.31. The number of aromatic carboxylic acids is 1. The van der Waals surface area contributed by atoms with Crippen LogP contribution in [0.4, 0.5) is 0 Å². The van der Waals surface area contributed by atoms with Crippen molar-refractivity contribution in [3.8, 4) is 28.3 Å². The standard InChI is InChI=1S/C21H15NO5/c1-11-7-9-12(10-8-11)15-16(21(24)25)17-19(20(26-2)18(15)23)27-14-6-4-3-5-13(14)22-17/h3-10H,1-2H3,(H,24,25). The molecule has 1 aliphatic heterocycles. The number of ether oxygens (including phenoxy) is 1. The van der Waals surface area contributed by atoms with E-state index >= 15 is 0 Å². The summed E-state index contributed by atoms with van der Waals surface area (Å²) in [6.45, 7) is 1.91. The Morgan fingerprint density at radius 1 is 1.11 bits per heavy atom. The molecule has 0 atom stereocenters. The van der Waals surface area contributed by atoms with Gasteiger partial charge in [-0.2, -0.15) is 0 Å². The number of carboxylic acids is 1. The van der Waals surface area contributed by atoms with Crippen LogP contribution in [0, 0.1) is 6.92 Å². The molecule has 1 N–H and O–H groups in total. The number of carbonyl (C=O) groups is 1. The summed E-state index contributed by atoms with van der Waals surface area (Å²) in [4.78, 5) is 29.6. The van der Waals surface area contributed by atoms with Crippen LogP contribution in [0.1, 0.15) is 15.9 Å². The van der Waals surface area contributed by atoms with Gasteiger partial charge in [-0.3, -0.25) is 4.79 Å². The Balaban J connectivity index is 2.22. The first-order chi connectivity index (χ1) is 13.0. The van der Waals surface area contributed by atoms with Crippen molar-refractivity contribution in [2.45, 2.75) is 6.92 Å². The van der Waals surface area contributed by atoms with E-state index in [9.17, 15) is 14.7 Å². The molecule has 134 valence electrons. The van der Waals surface area contributed by atoms with E-state index in [1.165, 1.54) is 7.11 Å². The predicted octanol–water partition coefficient (Wildman–Crippen LogP) is 3.98. The van der Waals surface area contributed by atoms with Gasteiger partial charge in [0.15, 0.2) is 11.3 Å². The van der Waals surface area contributed by atoms with Crippen molar-refractivity contribution >= 4 is 17.1 Å². The summed E-state index contributed by atoms with van der Waals surface area (Å²) in [5, 5.41) is 9.88. The monoisotopic (exact) mass is 361 g/mol. The fraction of sp³-hybridized carbons (Fsp3) is 0.0952. The molecule has 0 saturated heterocycles. The second-order valence-electron chi connectivity index (χ2n) is 6.14. The summed E-state index contributed by atoms with van der Waals surface area (Å²) in [6, 6.07) is 14.0. The molecule has 0 bridgehead atoms. The summed E-state index contributed by atoms with van der Waals surface area (Å²) in [5.41, 5.74) is 1.76. The lowest BCUT2D eigenvalue weighted by molar-refractivity contribution is 0.0698. The van der Waals surface area contributed by atoms with Crippen molar-refractivity contribution in [3.63, 3.8) is 0 Å². The van der Waals surface area contributed by atoms with Gasteiger partial charge in [0.1, 0.15) is 16.8 Å². The van der Waals surface area contributed by atoms with Gasteiger partial charge in [0.2, 0.25) is 11.2 Å². The molecule has 0 amide bonds. The number of fused-ring (bicyclic) bond motifs is 2. The van der Waals surface area contributed by atoms with E-state index in [1.807, 2.05) is 19.1 Å². The van der Waals surface area contributed by atoms with Gasteiger partial charge in [0.05, 0.1) is 12.7 Å². The van der Waals surface area contributed by atoms with E-state index in [1.54, 1.807) is 36.4 Å². The first-order valence-electron chi connectivity index (χ1n) is 8.25. The van der Waals surface area contributed by atoms with E-state index in [-0.39, 0.29) is 28.3 Å².